The summed E-state index contributed by atoms with van der Waals surface area (Å²) < 4.78 is 13.1. The van der Waals surface area contributed by atoms with E-state index in [1.807, 2.05) is 0 Å². The number of phenols is 1. The van der Waals surface area contributed by atoms with Gasteiger partial charge in [0.1, 0.15) is 16.7 Å². The first kappa shape index (κ1) is 12.3. The standard InChI is InChI=1S/C12H7ClFNO3/c13-11-4-8(12(17)18)9(5-15-11)7-3-6(14)1-2-10(7)16/h1-5,16H,(H,17,18). The van der Waals surface area contributed by atoms with Crippen LogP contribution in [-0.2, 0) is 0 Å². The van der Waals surface area contributed by atoms with E-state index in [1.165, 1.54) is 6.20 Å². The van der Waals surface area contributed by atoms with Gasteiger partial charge in [-0.15, -0.1) is 0 Å². The number of phenolic OH excluding ortho intramolecular Hbond substituents is 1. The molecule has 2 rings (SSSR count). The Morgan fingerprint density at radius 2 is 2.00 bits per heavy atom. The van der Waals surface area contributed by atoms with E-state index >= 15 is 0 Å². The van der Waals surface area contributed by atoms with Gasteiger partial charge in [0.15, 0.2) is 0 Å². The normalized spacial score (nSPS) is 10.3. The lowest BCUT2D eigenvalue weighted by Gasteiger charge is -2.08. The molecule has 0 aliphatic rings. The fourth-order valence-corrected chi connectivity index (χ4v) is 1.70. The maximum absolute atomic E-state index is 13.1. The van der Waals surface area contributed by atoms with E-state index in [2.05, 4.69) is 4.98 Å². The third kappa shape index (κ3) is 2.26. The maximum atomic E-state index is 13.1. The smallest absolute Gasteiger partial charge is 0.336 e. The Balaban J connectivity index is 2.70. The molecule has 0 aliphatic heterocycles. The zero-order valence-electron chi connectivity index (χ0n) is 8.89. The number of aromatic nitrogens is 1. The second-order valence-corrected chi connectivity index (χ2v) is 3.91. The van der Waals surface area contributed by atoms with Gasteiger partial charge in [-0.3, -0.25) is 0 Å². The van der Waals surface area contributed by atoms with E-state index in [-0.39, 0.29) is 27.6 Å². The molecule has 92 valence electrons. The van der Waals surface area contributed by atoms with E-state index in [0.29, 0.717) is 0 Å². The Morgan fingerprint density at radius 3 is 2.67 bits per heavy atom. The zero-order valence-corrected chi connectivity index (χ0v) is 9.65. The minimum atomic E-state index is -1.24. The lowest BCUT2D eigenvalue weighted by molar-refractivity contribution is 0.0697. The SMILES string of the molecule is O=C(O)c1cc(Cl)ncc1-c1cc(F)ccc1O. The summed E-state index contributed by atoms with van der Waals surface area (Å²) in [6.07, 6.45) is 1.18. The van der Waals surface area contributed by atoms with E-state index in [9.17, 15) is 14.3 Å². The second-order valence-electron chi connectivity index (χ2n) is 3.52. The third-order valence-corrected chi connectivity index (χ3v) is 2.56. The van der Waals surface area contributed by atoms with Crippen LogP contribution in [0, 0.1) is 5.82 Å². The van der Waals surface area contributed by atoms with Gasteiger partial charge >= 0.3 is 5.97 Å². The first-order valence-electron chi connectivity index (χ1n) is 4.87. The van der Waals surface area contributed by atoms with Crippen molar-refractivity contribution in [2.24, 2.45) is 0 Å². The van der Waals surface area contributed by atoms with E-state index in [4.69, 9.17) is 16.7 Å². The summed E-state index contributed by atoms with van der Waals surface area (Å²) in [4.78, 5) is 14.8. The summed E-state index contributed by atoms with van der Waals surface area (Å²) in [5.74, 6) is -2.06. The molecule has 1 aromatic carbocycles. The fraction of sp³-hybridized carbons (Fsp3) is 0. The Labute approximate surface area is 106 Å². The Morgan fingerprint density at radius 1 is 1.28 bits per heavy atom. The number of pyridine rings is 1. The predicted molar refractivity (Wildman–Crippen MR) is 63.3 cm³/mol. The molecule has 2 aromatic rings. The Hall–Kier alpha value is -2.14. The van der Waals surface area contributed by atoms with Gasteiger partial charge in [-0.25, -0.2) is 14.2 Å². The molecule has 1 aromatic heterocycles. The van der Waals surface area contributed by atoms with Crippen LogP contribution < -0.4 is 0 Å². The van der Waals surface area contributed by atoms with Crippen molar-refractivity contribution in [3.8, 4) is 16.9 Å². The first-order valence-corrected chi connectivity index (χ1v) is 5.24. The lowest BCUT2D eigenvalue weighted by Crippen LogP contribution is -2.01. The molecule has 0 amide bonds. The highest BCUT2D eigenvalue weighted by Gasteiger charge is 2.16. The summed E-state index contributed by atoms with van der Waals surface area (Å²) in [7, 11) is 0. The number of aromatic carboxylic acids is 1. The highest BCUT2D eigenvalue weighted by atomic mass is 35.5. The number of carbonyl (C=O) groups is 1. The molecular formula is C12H7ClFNO3. The van der Waals surface area contributed by atoms with Crippen LogP contribution in [0.4, 0.5) is 4.39 Å². The molecule has 0 saturated carbocycles. The van der Waals surface area contributed by atoms with Gasteiger partial charge in [0.05, 0.1) is 5.56 Å². The molecule has 0 unspecified atom stereocenters. The van der Waals surface area contributed by atoms with Crippen molar-refractivity contribution in [3.05, 3.63) is 47.0 Å². The van der Waals surface area contributed by atoms with Crippen molar-refractivity contribution in [2.75, 3.05) is 0 Å². The minimum absolute atomic E-state index is 0.00652. The molecule has 0 fully saturated rings. The fourth-order valence-electron chi connectivity index (χ4n) is 1.55. The summed E-state index contributed by atoms with van der Waals surface area (Å²) in [6, 6.07) is 4.39. The van der Waals surface area contributed by atoms with Crippen LogP contribution in [0.1, 0.15) is 10.4 Å². The number of halogens is 2. The number of carboxylic acids is 1. The van der Waals surface area contributed by atoms with Crippen LogP contribution in [0.25, 0.3) is 11.1 Å². The number of hydrogen-bond donors (Lipinski definition) is 2. The highest BCUT2D eigenvalue weighted by Crippen LogP contribution is 2.32. The van der Waals surface area contributed by atoms with Crippen LogP contribution >= 0.6 is 11.6 Å². The zero-order chi connectivity index (χ0) is 13.3. The highest BCUT2D eigenvalue weighted by molar-refractivity contribution is 6.29. The summed E-state index contributed by atoms with van der Waals surface area (Å²) in [5, 5.41) is 18.7. The van der Waals surface area contributed by atoms with Crippen LogP contribution in [0.15, 0.2) is 30.5 Å². The van der Waals surface area contributed by atoms with Gasteiger partial charge in [-0.2, -0.15) is 0 Å². The lowest BCUT2D eigenvalue weighted by atomic mass is 10.0. The monoisotopic (exact) mass is 267 g/mol. The Kier molecular flexibility index (Phi) is 3.16. The van der Waals surface area contributed by atoms with Crippen LogP contribution in [-0.4, -0.2) is 21.2 Å². The van der Waals surface area contributed by atoms with E-state index in [0.717, 1.165) is 24.3 Å². The maximum Gasteiger partial charge on any atom is 0.336 e. The van der Waals surface area contributed by atoms with Gasteiger partial charge in [-0.05, 0) is 24.3 Å². The van der Waals surface area contributed by atoms with Crippen LogP contribution in [0.2, 0.25) is 5.15 Å². The number of nitrogens with zero attached hydrogens (tertiary/aromatic N) is 1. The molecular weight excluding hydrogens is 261 g/mol. The van der Waals surface area contributed by atoms with Gasteiger partial charge in [-0.1, -0.05) is 11.6 Å². The quantitative estimate of drug-likeness (QED) is 0.821. The average Bonchev–Trinajstić information content (AvgIpc) is 2.32. The third-order valence-electron chi connectivity index (χ3n) is 2.35. The van der Waals surface area contributed by atoms with Gasteiger partial charge < -0.3 is 10.2 Å². The molecule has 18 heavy (non-hydrogen) atoms. The largest absolute Gasteiger partial charge is 0.507 e. The molecule has 0 atom stereocenters. The molecule has 0 radical (unpaired) electrons. The molecule has 1 heterocycles. The van der Waals surface area contributed by atoms with Gasteiger partial charge in [0.2, 0.25) is 0 Å². The van der Waals surface area contributed by atoms with E-state index in [1.54, 1.807) is 0 Å². The van der Waals surface area contributed by atoms with Crippen molar-refractivity contribution in [1.29, 1.82) is 0 Å². The van der Waals surface area contributed by atoms with Crippen molar-refractivity contribution >= 4 is 17.6 Å². The predicted octanol–water partition coefficient (Wildman–Crippen LogP) is 2.94. The van der Waals surface area contributed by atoms with Crippen molar-refractivity contribution in [3.63, 3.8) is 0 Å². The summed E-state index contributed by atoms with van der Waals surface area (Å²) >= 11 is 5.61. The van der Waals surface area contributed by atoms with Gasteiger partial charge in [0.25, 0.3) is 0 Å². The molecule has 0 bridgehead atoms. The molecule has 4 nitrogen and oxygen atoms in total. The topological polar surface area (TPSA) is 70.4 Å². The first-order chi connectivity index (χ1) is 8.49. The molecule has 2 N–H and O–H groups in total. The number of benzene rings is 1. The number of hydrogen-bond acceptors (Lipinski definition) is 3. The van der Waals surface area contributed by atoms with Crippen molar-refractivity contribution in [1.82, 2.24) is 4.98 Å². The molecule has 0 aliphatic carbocycles. The van der Waals surface area contributed by atoms with Gasteiger partial charge in [0, 0.05) is 17.3 Å². The van der Waals surface area contributed by atoms with Crippen molar-refractivity contribution < 1.29 is 19.4 Å². The molecule has 0 spiro atoms. The number of rotatable bonds is 2. The van der Waals surface area contributed by atoms with Crippen LogP contribution in [0.3, 0.4) is 0 Å². The minimum Gasteiger partial charge on any atom is -0.507 e. The van der Waals surface area contributed by atoms with E-state index < -0.39 is 11.8 Å². The Bertz CT molecular complexity index is 631. The average molecular weight is 268 g/mol. The number of carboxylic acid groups (broad SMARTS) is 1. The summed E-state index contributed by atoms with van der Waals surface area (Å²) in [6.45, 7) is 0. The number of aromatic hydroxyl groups is 1. The van der Waals surface area contributed by atoms with Crippen LogP contribution in [0.5, 0.6) is 5.75 Å². The second kappa shape index (κ2) is 4.62. The van der Waals surface area contributed by atoms with Crippen molar-refractivity contribution in [2.45, 2.75) is 0 Å². The molecule has 0 saturated heterocycles. The molecule has 6 heteroatoms. The summed E-state index contributed by atoms with van der Waals surface area (Å²) in [5.41, 5.74) is -0.00336.